The molecule has 0 aliphatic heterocycles. The van der Waals surface area contributed by atoms with Gasteiger partial charge in [0.05, 0.1) is 0 Å². The van der Waals surface area contributed by atoms with Gasteiger partial charge in [-0.1, -0.05) is 99.2 Å². The molecule has 5 aliphatic rings. The van der Waals surface area contributed by atoms with Gasteiger partial charge in [0, 0.05) is 11.8 Å². The minimum atomic E-state index is 0.354. The van der Waals surface area contributed by atoms with Gasteiger partial charge < -0.3 is 0 Å². The van der Waals surface area contributed by atoms with Crippen molar-refractivity contribution in [2.45, 2.75) is 88.9 Å². The van der Waals surface area contributed by atoms with Crippen molar-refractivity contribution in [3.8, 4) is 0 Å². The lowest BCUT2D eigenvalue weighted by Crippen LogP contribution is -2.30. The van der Waals surface area contributed by atoms with Crippen LogP contribution in [0.4, 0.5) is 0 Å². The van der Waals surface area contributed by atoms with Gasteiger partial charge >= 0.3 is 0 Å². The molecule has 0 N–H and O–H groups in total. The molecular formula is C33H38. The fourth-order valence-corrected chi connectivity index (χ4v) is 8.77. The molecule has 0 radical (unpaired) electrons. The second-order valence-electron chi connectivity index (χ2n) is 11.8. The van der Waals surface area contributed by atoms with Crippen LogP contribution in [0.25, 0.3) is 11.1 Å². The highest BCUT2D eigenvalue weighted by Crippen LogP contribution is 2.64. The summed E-state index contributed by atoms with van der Waals surface area (Å²) in [5.74, 6) is 2.78. The molecule has 0 heteroatoms. The molecule has 3 saturated carbocycles. The van der Waals surface area contributed by atoms with Gasteiger partial charge in [-0.05, 0) is 89.2 Å². The molecule has 0 saturated heterocycles. The van der Waals surface area contributed by atoms with Crippen molar-refractivity contribution in [1.82, 2.24) is 0 Å². The first kappa shape index (κ1) is 20.3. The first-order valence-corrected chi connectivity index (χ1v) is 14.0. The van der Waals surface area contributed by atoms with Crippen LogP contribution in [0.1, 0.15) is 111 Å². The number of fused-ring (bicyclic) bond motifs is 2. The van der Waals surface area contributed by atoms with Crippen LogP contribution < -0.4 is 0 Å². The van der Waals surface area contributed by atoms with E-state index in [1.165, 1.54) is 77.0 Å². The van der Waals surface area contributed by atoms with Crippen LogP contribution in [-0.2, 0) is 0 Å². The highest BCUT2D eigenvalue weighted by atomic mass is 14.5. The van der Waals surface area contributed by atoms with Crippen LogP contribution in [0.3, 0.4) is 0 Å². The predicted molar refractivity (Wildman–Crippen MR) is 139 cm³/mol. The third kappa shape index (κ3) is 3.09. The van der Waals surface area contributed by atoms with E-state index in [1.54, 1.807) is 33.4 Å². The normalized spacial score (nSPS) is 28.7. The van der Waals surface area contributed by atoms with Crippen LogP contribution >= 0.6 is 0 Å². The molecule has 2 aromatic rings. The average molecular weight is 435 g/mol. The summed E-state index contributed by atoms with van der Waals surface area (Å²) in [5, 5.41) is 0. The maximum absolute atomic E-state index is 2.80. The van der Waals surface area contributed by atoms with Crippen molar-refractivity contribution in [2.24, 2.45) is 17.3 Å². The second kappa shape index (κ2) is 8.00. The molecule has 0 bridgehead atoms. The Kier molecular flexibility index (Phi) is 4.92. The Bertz CT molecular complexity index is 1010. The number of rotatable bonds is 4. The number of benzene rings is 2. The zero-order valence-electron chi connectivity index (χ0n) is 20.1. The van der Waals surface area contributed by atoms with Gasteiger partial charge in [-0.15, -0.1) is 0 Å². The molecule has 2 atom stereocenters. The first-order valence-electron chi connectivity index (χ1n) is 14.0. The highest BCUT2D eigenvalue weighted by molar-refractivity contribution is 5.79. The number of hydrogen-bond donors (Lipinski definition) is 0. The molecule has 0 spiro atoms. The smallest absolute Gasteiger partial charge is 0.00954 e. The molecule has 0 heterocycles. The second-order valence-corrected chi connectivity index (χ2v) is 11.8. The van der Waals surface area contributed by atoms with E-state index in [1.807, 2.05) is 0 Å². The molecule has 0 nitrogen and oxygen atoms in total. The maximum Gasteiger partial charge on any atom is 0.00954 e. The Hall–Kier alpha value is -2.08. The van der Waals surface area contributed by atoms with E-state index in [0.717, 1.165) is 11.8 Å². The summed E-state index contributed by atoms with van der Waals surface area (Å²) in [6, 6.07) is 19.1. The molecule has 3 fully saturated rings. The van der Waals surface area contributed by atoms with Gasteiger partial charge in [0.1, 0.15) is 0 Å². The van der Waals surface area contributed by atoms with Crippen LogP contribution in [0, 0.1) is 17.3 Å². The molecule has 33 heavy (non-hydrogen) atoms. The van der Waals surface area contributed by atoms with Gasteiger partial charge in [-0.2, -0.15) is 0 Å². The minimum absolute atomic E-state index is 0.354. The predicted octanol–water partition coefficient (Wildman–Crippen LogP) is 9.29. The van der Waals surface area contributed by atoms with E-state index in [0.29, 0.717) is 17.3 Å². The van der Waals surface area contributed by atoms with E-state index in [-0.39, 0.29) is 0 Å². The van der Waals surface area contributed by atoms with Gasteiger partial charge in [0.15, 0.2) is 0 Å². The quantitative estimate of drug-likeness (QED) is 0.450. The average Bonchev–Trinajstić information content (AvgIpc) is 3.66. The lowest BCUT2D eigenvalue weighted by molar-refractivity contribution is 0.232. The molecule has 2 aromatic carbocycles. The van der Waals surface area contributed by atoms with E-state index in [4.69, 9.17) is 0 Å². The summed E-state index contributed by atoms with van der Waals surface area (Å²) in [7, 11) is 0. The number of hydrogen-bond acceptors (Lipinski definition) is 0. The lowest BCUT2D eigenvalue weighted by atomic mass is 9.62. The monoisotopic (exact) mass is 434 g/mol. The summed E-state index contributed by atoms with van der Waals surface area (Å²) in [6.07, 6.45) is 22.5. The summed E-state index contributed by atoms with van der Waals surface area (Å²) >= 11 is 0. The molecule has 0 amide bonds. The standard InChI is InChI=1S/C33H38/c1-2-12-23(11-1)29-21-31(27-17-7-5-15-25(27)29)33(19-9-10-20-33)32-22-30(24-13-3-4-14-24)26-16-6-8-18-28(26)32/h5-8,15-18,21-24,31-32H,1-4,9-14,19-20H2. The van der Waals surface area contributed by atoms with Gasteiger partial charge in [-0.3, -0.25) is 0 Å². The zero-order chi connectivity index (χ0) is 21.8. The Morgan fingerprint density at radius 2 is 0.939 bits per heavy atom. The van der Waals surface area contributed by atoms with Crippen LogP contribution in [-0.4, -0.2) is 0 Å². The van der Waals surface area contributed by atoms with E-state index >= 15 is 0 Å². The van der Waals surface area contributed by atoms with Crippen molar-refractivity contribution in [3.63, 3.8) is 0 Å². The molecule has 2 unspecified atom stereocenters. The molecule has 5 aliphatic carbocycles. The third-order valence-corrected chi connectivity index (χ3v) is 10.3. The topological polar surface area (TPSA) is 0 Å². The van der Waals surface area contributed by atoms with Gasteiger partial charge in [0.2, 0.25) is 0 Å². The summed E-state index contributed by atoms with van der Waals surface area (Å²) in [4.78, 5) is 0. The minimum Gasteiger partial charge on any atom is -0.0723 e. The molecular weight excluding hydrogens is 396 g/mol. The largest absolute Gasteiger partial charge is 0.0723 e. The Balaban J connectivity index is 1.36. The SMILES string of the molecule is C1=C(C2CCCC2)c2ccccc2C1C1(C2C=C(C3CCCC3)c3ccccc32)CCCC1. The lowest BCUT2D eigenvalue weighted by Gasteiger charge is -2.41. The third-order valence-electron chi connectivity index (χ3n) is 10.3. The fraction of sp³-hybridized carbons (Fsp3) is 0.515. The van der Waals surface area contributed by atoms with E-state index < -0.39 is 0 Å². The summed E-state index contributed by atoms with van der Waals surface area (Å²) in [5.41, 5.74) is 10.3. The Labute approximate surface area is 200 Å². The fourth-order valence-electron chi connectivity index (χ4n) is 8.77. The van der Waals surface area contributed by atoms with Crippen molar-refractivity contribution < 1.29 is 0 Å². The van der Waals surface area contributed by atoms with E-state index in [2.05, 4.69) is 60.7 Å². The van der Waals surface area contributed by atoms with E-state index in [9.17, 15) is 0 Å². The van der Waals surface area contributed by atoms with Gasteiger partial charge in [-0.25, -0.2) is 0 Å². The zero-order valence-corrected chi connectivity index (χ0v) is 20.1. The van der Waals surface area contributed by atoms with Crippen molar-refractivity contribution in [3.05, 3.63) is 82.9 Å². The Morgan fingerprint density at radius 1 is 0.515 bits per heavy atom. The first-order chi connectivity index (χ1) is 16.4. The van der Waals surface area contributed by atoms with Crippen molar-refractivity contribution in [1.29, 1.82) is 0 Å². The summed E-state index contributed by atoms with van der Waals surface area (Å²) in [6.45, 7) is 0. The maximum atomic E-state index is 2.80. The van der Waals surface area contributed by atoms with Crippen LogP contribution in [0.2, 0.25) is 0 Å². The van der Waals surface area contributed by atoms with Crippen LogP contribution in [0.5, 0.6) is 0 Å². The Morgan fingerprint density at radius 3 is 1.39 bits per heavy atom. The highest BCUT2D eigenvalue weighted by Gasteiger charge is 2.51. The van der Waals surface area contributed by atoms with Gasteiger partial charge in [0.25, 0.3) is 0 Å². The molecule has 170 valence electrons. The number of allylic oxidation sites excluding steroid dienone is 4. The molecule has 7 rings (SSSR count). The van der Waals surface area contributed by atoms with Crippen molar-refractivity contribution in [2.75, 3.05) is 0 Å². The van der Waals surface area contributed by atoms with Crippen molar-refractivity contribution >= 4 is 11.1 Å². The molecule has 0 aromatic heterocycles. The van der Waals surface area contributed by atoms with Crippen LogP contribution in [0.15, 0.2) is 60.7 Å². The summed E-state index contributed by atoms with van der Waals surface area (Å²) < 4.78 is 0.